The van der Waals surface area contributed by atoms with Crippen LogP contribution < -0.4 is 5.48 Å². The fourth-order valence-electron chi connectivity index (χ4n) is 1.08. The van der Waals surface area contributed by atoms with E-state index in [1.807, 2.05) is 30.3 Å². The van der Waals surface area contributed by atoms with Gasteiger partial charge in [0.25, 0.3) is 5.91 Å². The zero-order valence-electron chi connectivity index (χ0n) is 8.29. The summed E-state index contributed by atoms with van der Waals surface area (Å²) in [5.74, 6) is -0.328. The second kappa shape index (κ2) is 5.34. The number of hydrogen-bond donors (Lipinski definition) is 1. The van der Waals surface area contributed by atoms with E-state index in [-0.39, 0.29) is 5.91 Å². The molecule has 2 aromatic rings. The standard InChI is InChI=1S/C10H9N3O2S/c14-10(9-6-11-13-16-9)12-15-7-8-4-2-1-3-5-8/h1-6H,7H2,(H,12,14). The molecule has 1 heterocycles. The van der Waals surface area contributed by atoms with E-state index in [9.17, 15) is 4.79 Å². The number of amides is 1. The number of benzene rings is 1. The van der Waals surface area contributed by atoms with Gasteiger partial charge in [-0.25, -0.2) is 5.48 Å². The lowest BCUT2D eigenvalue weighted by atomic mass is 10.2. The summed E-state index contributed by atoms with van der Waals surface area (Å²) in [6, 6.07) is 9.58. The van der Waals surface area contributed by atoms with E-state index in [1.165, 1.54) is 6.20 Å². The highest BCUT2D eigenvalue weighted by Crippen LogP contribution is 2.02. The quantitative estimate of drug-likeness (QED) is 0.813. The Hall–Kier alpha value is -1.79. The van der Waals surface area contributed by atoms with Crippen molar-refractivity contribution in [2.75, 3.05) is 0 Å². The fraction of sp³-hybridized carbons (Fsp3) is 0.100. The van der Waals surface area contributed by atoms with E-state index in [1.54, 1.807) is 0 Å². The van der Waals surface area contributed by atoms with Crippen molar-refractivity contribution in [3.8, 4) is 0 Å². The van der Waals surface area contributed by atoms with Gasteiger partial charge in [0, 0.05) is 0 Å². The lowest BCUT2D eigenvalue weighted by Crippen LogP contribution is -2.22. The molecule has 0 aliphatic rings. The summed E-state index contributed by atoms with van der Waals surface area (Å²) in [6.45, 7) is 0.332. The van der Waals surface area contributed by atoms with E-state index >= 15 is 0 Å². The number of rotatable bonds is 4. The summed E-state index contributed by atoms with van der Waals surface area (Å²) in [5, 5.41) is 3.56. The molecule has 0 saturated carbocycles. The van der Waals surface area contributed by atoms with Crippen LogP contribution in [-0.2, 0) is 11.4 Å². The topological polar surface area (TPSA) is 64.1 Å². The van der Waals surface area contributed by atoms with Crippen LogP contribution in [0.2, 0.25) is 0 Å². The molecule has 6 heteroatoms. The average Bonchev–Trinajstić information content (AvgIpc) is 2.84. The molecule has 0 unspecified atom stereocenters. The van der Waals surface area contributed by atoms with Crippen molar-refractivity contribution in [2.24, 2.45) is 0 Å². The molecule has 1 aromatic heterocycles. The third-order valence-corrected chi connectivity index (χ3v) is 2.50. The molecule has 1 amide bonds. The Balaban J connectivity index is 1.79. The highest BCUT2D eigenvalue weighted by Gasteiger charge is 2.07. The number of carbonyl (C=O) groups is 1. The van der Waals surface area contributed by atoms with Crippen molar-refractivity contribution >= 4 is 17.4 Å². The monoisotopic (exact) mass is 235 g/mol. The van der Waals surface area contributed by atoms with Crippen LogP contribution in [0, 0.1) is 0 Å². The second-order valence-corrected chi connectivity index (χ2v) is 3.77. The summed E-state index contributed by atoms with van der Waals surface area (Å²) in [7, 11) is 0. The van der Waals surface area contributed by atoms with Crippen LogP contribution >= 0.6 is 11.5 Å². The molecule has 0 bridgehead atoms. The highest BCUT2D eigenvalue weighted by atomic mass is 32.1. The summed E-state index contributed by atoms with van der Waals surface area (Å²) in [5.41, 5.74) is 3.32. The summed E-state index contributed by atoms with van der Waals surface area (Å²) < 4.78 is 3.58. The van der Waals surface area contributed by atoms with Gasteiger partial charge in [-0.3, -0.25) is 9.63 Å². The zero-order chi connectivity index (χ0) is 11.2. The minimum atomic E-state index is -0.328. The van der Waals surface area contributed by atoms with Gasteiger partial charge in [0.2, 0.25) is 0 Å². The average molecular weight is 235 g/mol. The molecule has 0 saturated heterocycles. The van der Waals surface area contributed by atoms with Gasteiger partial charge in [-0.15, -0.1) is 5.10 Å². The lowest BCUT2D eigenvalue weighted by molar-refractivity contribution is 0.0237. The van der Waals surface area contributed by atoms with E-state index in [2.05, 4.69) is 15.1 Å². The minimum Gasteiger partial charge on any atom is -0.269 e. The van der Waals surface area contributed by atoms with Crippen LogP contribution in [0.4, 0.5) is 0 Å². The third-order valence-electron chi connectivity index (χ3n) is 1.83. The maximum Gasteiger partial charge on any atom is 0.288 e. The first-order valence-electron chi connectivity index (χ1n) is 4.59. The van der Waals surface area contributed by atoms with Gasteiger partial charge in [0.05, 0.1) is 12.8 Å². The molecule has 0 aliphatic carbocycles. The van der Waals surface area contributed by atoms with Crippen molar-refractivity contribution in [3.63, 3.8) is 0 Å². The smallest absolute Gasteiger partial charge is 0.269 e. The summed E-state index contributed by atoms with van der Waals surface area (Å²) >= 11 is 1.02. The molecule has 0 radical (unpaired) electrons. The molecular weight excluding hydrogens is 226 g/mol. The Morgan fingerprint density at radius 3 is 2.88 bits per heavy atom. The van der Waals surface area contributed by atoms with Gasteiger partial charge < -0.3 is 0 Å². The normalized spacial score (nSPS) is 10.0. The molecule has 0 atom stereocenters. The Morgan fingerprint density at radius 1 is 1.38 bits per heavy atom. The first-order valence-corrected chi connectivity index (χ1v) is 5.37. The van der Waals surface area contributed by atoms with Crippen molar-refractivity contribution < 1.29 is 9.63 Å². The van der Waals surface area contributed by atoms with Gasteiger partial charge in [-0.05, 0) is 17.1 Å². The SMILES string of the molecule is O=C(NOCc1ccccc1)c1cnns1. The third kappa shape index (κ3) is 2.85. The van der Waals surface area contributed by atoms with Gasteiger partial charge >= 0.3 is 0 Å². The maximum absolute atomic E-state index is 11.4. The van der Waals surface area contributed by atoms with Gasteiger partial charge in [0.15, 0.2) is 0 Å². The van der Waals surface area contributed by atoms with Crippen LogP contribution in [0.15, 0.2) is 36.5 Å². The van der Waals surface area contributed by atoms with Gasteiger partial charge in [0.1, 0.15) is 4.88 Å². The molecule has 16 heavy (non-hydrogen) atoms. The van der Waals surface area contributed by atoms with E-state index in [4.69, 9.17) is 4.84 Å². The number of hydrogen-bond acceptors (Lipinski definition) is 5. The Labute approximate surface area is 96.2 Å². The minimum absolute atomic E-state index is 0.328. The van der Waals surface area contributed by atoms with Crippen LogP contribution in [-0.4, -0.2) is 15.5 Å². The Bertz CT molecular complexity index is 444. The maximum atomic E-state index is 11.4. The van der Waals surface area contributed by atoms with E-state index in [0.29, 0.717) is 11.5 Å². The molecule has 1 aromatic carbocycles. The van der Waals surface area contributed by atoms with Crippen LogP contribution in [0.1, 0.15) is 15.2 Å². The fourth-order valence-corrected chi connectivity index (χ4v) is 1.48. The molecule has 82 valence electrons. The first-order chi connectivity index (χ1) is 7.86. The van der Waals surface area contributed by atoms with Crippen molar-refractivity contribution in [1.82, 2.24) is 15.1 Å². The van der Waals surface area contributed by atoms with Gasteiger partial charge in [-0.2, -0.15) is 0 Å². The molecule has 0 spiro atoms. The summed E-state index contributed by atoms with van der Waals surface area (Å²) in [6.07, 6.45) is 1.39. The van der Waals surface area contributed by atoms with Gasteiger partial charge in [-0.1, -0.05) is 34.8 Å². The van der Waals surface area contributed by atoms with Crippen LogP contribution in [0.5, 0.6) is 0 Å². The van der Waals surface area contributed by atoms with Crippen molar-refractivity contribution in [3.05, 3.63) is 47.0 Å². The van der Waals surface area contributed by atoms with Crippen LogP contribution in [0.25, 0.3) is 0 Å². The molecule has 2 rings (SSSR count). The molecular formula is C10H9N3O2S. The molecule has 0 fully saturated rings. The van der Waals surface area contributed by atoms with Crippen LogP contribution in [0.3, 0.4) is 0 Å². The number of aromatic nitrogens is 2. The number of nitrogens with zero attached hydrogens (tertiary/aromatic N) is 2. The lowest BCUT2D eigenvalue weighted by Gasteiger charge is -2.03. The molecule has 1 N–H and O–H groups in total. The van der Waals surface area contributed by atoms with E-state index in [0.717, 1.165) is 17.1 Å². The highest BCUT2D eigenvalue weighted by molar-refractivity contribution is 7.07. The molecule has 5 nitrogen and oxygen atoms in total. The number of nitrogens with one attached hydrogen (secondary N) is 1. The van der Waals surface area contributed by atoms with E-state index < -0.39 is 0 Å². The Kier molecular flexibility index (Phi) is 3.58. The first kappa shape index (κ1) is 10.7. The number of carbonyl (C=O) groups excluding carboxylic acids is 1. The number of hydroxylamine groups is 1. The Morgan fingerprint density at radius 2 is 2.19 bits per heavy atom. The second-order valence-electron chi connectivity index (χ2n) is 2.99. The molecule has 0 aliphatic heterocycles. The largest absolute Gasteiger partial charge is 0.288 e. The van der Waals surface area contributed by atoms with Crippen molar-refractivity contribution in [1.29, 1.82) is 0 Å². The predicted molar refractivity (Wildman–Crippen MR) is 58.6 cm³/mol. The summed E-state index contributed by atoms with van der Waals surface area (Å²) in [4.78, 5) is 16.9. The zero-order valence-corrected chi connectivity index (χ0v) is 9.11. The predicted octanol–water partition coefficient (Wildman–Crippen LogP) is 1.40. The van der Waals surface area contributed by atoms with Crippen molar-refractivity contribution in [2.45, 2.75) is 6.61 Å².